The summed E-state index contributed by atoms with van der Waals surface area (Å²) >= 11 is 12.0. The molecule has 0 saturated carbocycles. The van der Waals surface area contributed by atoms with Gasteiger partial charge in [-0.3, -0.25) is 4.79 Å². The highest BCUT2D eigenvalue weighted by Gasteiger charge is 2.08. The van der Waals surface area contributed by atoms with Gasteiger partial charge in [0, 0.05) is 29.7 Å². The highest BCUT2D eigenvalue weighted by Crippen LogP contribution is 2.29. The second kappa shape index (κ2) is 8.66. The number of nitrogens with one attached hydrogen (secondary N) is 2. The smallest absolute Gasteiger partial charge is 0.226 e. The number of carbonyl (C=O) groups excluding carboxylic acids is 1. The number of hydrogen-bond acceptors (Lipinski definition) is 4. The number of methoxy groups -OCH3 is 2. The molecule has 1 amide bonds. The number of carbonyl (C=O) groups is 1. The SMILES string of the molecule is COc1ccc(NC(=O)CCNc2cc(Cl)ccc2Cl)cc1OC. The van der Waals surface area contributed by atoms with Crippen LogP contribution in [0.5, 0.6) is 11.5 Å². The number of anilines is 2. The third-order valence-corrected chi connectivity index (χ3v) is 3.83. The number of hydrogen-bond donors (Lipinski definition) is 2. The minimum atomic E-state index is -0.132. The molecular formula is C17H18Cl2N2O3. The summed E-state index contributed by atoms with van der Waals surface area (Å²) in [6, 6.07) is 10.3. The summed E-state index contributed by atoms with van der Waals surface area (Å²) in [5.74, 6) is 1.03. The lowest BCUT2D eigenvalue weighted by Gasteiger charge is -2.11. The molecular weight excluding hydrogens is 351 g/mol. The quantitative estimate of drug-likeness (QED) is 0.757. The lowest BCUT2D eigenvalue weighted by Crippen LogP contribution is -2.16. The van der Waals surface area contributed by atoms with E-state index in [-0.39, 0.29) is 12.3 Å². The number of ether oxygens (including phenoxy) is 2. The Balaban J connectivity index is 1.88. The van der Waals surface area contributed by atoms with Gasteiger partial charge in [0.05, 0.1) is 24.9 Å². The first-order chi connectivity index (χ1) is 11.5. The first-order valence-electron chi connectivity index (χ1n) is 7.24. The zero-order chi connectivity index (χ0) is 17.5. The fourth-order valence-corrected chi connectivity index (χ4v) is 2.44. The Labute approximate surface area is 150 Å². The van der Waals surface area contributed by atoms with Crippen molar-refractivity contribution in [2.45, 2.75) is 6.42 Å². The van der Waals surface area contributed by atoms with Crippen LogP contribution < -0.4 is 20.1 Å². The highest BCUT2D eigenvalue weighted by atomic mass is 35.5. The third kappa shape index (κ3) is 4.94. The monoisotopic (exact) mass is 368 g/mol. The maximum absolute atomic E-state index is 12.0. The molecule has 5 nitrogen and oxygen atoms in total. The fourth-order valence-electron chi connectivity index (χ4n) is 2.08. The second-order valence-electron chi connectivity index (χ2n) is 4.92. The zero-order valence-electron chi connectivity index (χ0n) is 13.4. The van der Waals surface area contributed by atoms with Crippen LogP contribution in [0.25, 0.3) is 0 Å². The standard InChI is InChI=1S/C17H18Cl2N2O3/c1-23-15-6-4-12(10-16(15)24-2)21-17(22)7-8-20-14-9-11(18)3-5-13(14)19/h3-6,9-10,20H,7-8H2,1-2H3,(H,21,22). The molecule has 0 unspecified atom stereocenters. The number of halogens is 2. The van der Waals surface area contributed by atoms with Gasteiger partial charge in [0.1, 0.15) is 0 Å². The second-order valence-corrected chi connectivity index (χ2v) is 5.76. The molecule has 0 heterocycles. The molecule has 0 atom stereocenters. The van der Waals surface area contributed by atoms with E-state index in [9.17, 15) is 4.79 Å². The Bertz CT molecular complexity index is 723. The van der Waals surface area contributed by atoms with Crippen LogP contribution in [0.2, 0.25) is 10.0 Å². The van der Waals surface area contributed by atoms with Gasteiger partial charge in [0.2, 0.25) is 5.91 Å². The van der Waals surface area contributed by atoms with E-state index in [0.29, 0.717) is 39.5 Å². The highest BCUT2D eigenvalue weighted by molar-refractivity contribution is 6.35. The predicted octanol–water partition coefficient (Wildman–Crippen LogP) is 4.45. The van der Waals surface area contributed by atoms with Gasteiger partial charge in [-0.2, -0.15) is 0 Å². The van der Waals surface area contributed by atoms with Gasteiger partial charge in [-0.15, -0.1) is 0 Å². The molecule has 0 aliphatic heterocycles. The minimum Gasteiger partial charge on any atom is -0.493 e. The zero-order valence-corrected chi connectivity index (χ0v) is 14.9. The van der Waals surface area contributed by atoms with Crippen LogP contribution in [0.3, 0.4) is 0 Å². The van der Waals surface area contributed by atoms with Gasteiger partial charge >= 0.3 is 0 Å². The van der Waals surface area contributed by atoms with E-state index < -0.39 is 0 Å². The van der Waals surface area contributed by atoms with Gasteiger partial charge in [0.25, 0.3) is 0 Å². The summed E-state index contributed by atoms with van der Waals surface area (Å²) in [6.45, 7) is 0.430. The van der Waals surface area contributed by atoms with E-state index in [1.165, 1.54) is 0 Å². The first kappa shape index (κ1) is 18.2. The van der Waals surface area contributed by atoms with E-state index in [1.54, 1.807) is 50.6 Å². The third-order valence-electron chi connectivity index (χ3n) is 3.26. The van der Waals surface area contributed by atoms with Gasteiger partial charge in [-0.25, -0.2) is 0 Å². The average Bonchev–Trinajstić information content (AvgIpc) is 2.57. The number of amides is 1. The average molecular weight is 369 g/mol. The normalized spacial score (nSPS) is 10.2. The molecule has 0 saturated heterocycles. The molecule has 128 valence electrons. The molecule has 0 aliphatic rings. The molecule has 2 aromatic carbocycles. The number of rotatable bonds is 7. The Morgan fingerprint density at radius 3 is 2.50 bits per heavy atom. The molecule has 0 radical (unpaired) electrons. The van der Waals surface area contributed by atoms with Crippen LogP contribution in [0.1, 0.15) is 6.42 Å². The topological polar surface area (TPSA) is 59.6 Å². The number of benzene rings is 2. The van der Waals surface area contributed by atoms with Crippen molar-refractivity contribution in [1.29, 1.82) is 0 Å². The van der Waals surface area contributed by atoms with Crippen LogP contribution in [0.4, 0.5) is 11.4 Å². The largest absolute Gasteiger partial charge is 0.493 e. The van der Waals surface area contributed by atoms with Crippen molar-refractivity contribution in [3.63, 3.8) is 0 Å². The van der Waals surface area contributed by atoms with Crippen molar-refractivity contribution in [2.75, 3.05) is 31.4 Å². The molecule has 7 heteroatoms. The summed E-state index contributed by atoms with van der Waals surface area (Å²) in [7, 11) is 3.10. The Kier molecular flexibility index (Phi) is 6.58. The van der Waals surface area contributed by atoms with Crippen molar-refractivity contribution in [3.05, 3.63) is 46.4 Å². The maximum atomic E-state index is 12.0. The summed E-state index contributed by atoms with van der Waals surface area (Å²) in [4.78, 5) is 12.0. The Morgan fingerprint density at radius 1 is 1.04 bits per heavy atom. The Morgan fingerprint density at radius 2 is 1.79 bits per heavy atom. The van der Waals surface area contributed by atoms with Crippen LogP contribution in [-0.2, 0) is 4.79 Å². The van der Waals surface area contributed by atoms with E-state index in [2.05, 4.69) is 10.6 Å². The molecule has 0 spiro atoms. The van der Waals surface area contributed by atoms with Crippen molar-refractivity contribution in [2.24, 2.45) is 0 Å². The van der Waals surface area contributed by atoms with Crippen LogP contribution in [0, 0.1) is 0 Å². The summed E-state index contributed by atoms with van der Waals surface area (Å²) < 4.78 is 10.4. The van der Waals surface area contributed by atoms with Crippen molar-refractivity contribution >= 4 is 40.5 Å². The molecule has 24 heavy (non-hydrogen) atoms. The summed E-state index contributed by atoms with van der Waals surface area (Å²) in [5.41, 5.74) is 1.33. The maximum Gasteiger partial charge on any atom is 0.226 e. The van der Waals surface area contributed by atoms with Crippen LogP contribution in [-0.4, -0.2) is 26.7 Å². The first-order valence-corrected chi connectivity index (χ1v) is 8.00. The molecule has 0 fully saturated rings. The van der Waals surface area contributed by atoms with Crippen molar-refractivity contribution < 1.29 is 14.3 Å². The summed E-state index contributed by atoms with van der Waals surface area (Å²) in [6.07, 6.45) is 0.275. The van der Waals surface area contributed by atoms with E-state index in [0.717, 1.165) is 0 Å². The molecule has 2 N–H and O–H groups in total. The van der Waals surface area contributed by atoms with Gasteiger partial charge in [-0.1, -0.05) is 23.2 Å². The van der Waals surface area contributed by atoms with Crippen LogP contribution >= 0.6 is 23.2 Å². The lowest BCUT2D eigenvalue weighted by molar-refractivity contribution is -0.115. The van der Waals surface area contributed by atoms with Crippen LogP contribution in [0.15, 0.2) is 36.4 Å². The molecule has 0 bridgehead atoms. The molecule has 2 rings (SSSR count). The predicted molar refractivity (Wildman–Crippen MR) is 97.7 cm³/mol. The van der Waals surface area contributed by atoms with Gasteiger partial charge in [0.15, 0.2) is 11.5 Å². The molecule has 0 aliphatic carbocycles. The van der Waals surface area contributed by atoms with E-state index in [1.807, 2.05) is 0 Å². The lowest BCUT2D eigenvalue weighted by atomic mass is 10.2. The van der Waals surface area contributed by atoms with Gasteiger partial charge in [-0.05, 0) is 30.3 Å². The molecule has 0 aromatic heterocycles. The van der Waals surface area contributed by atoms with E-state index in [4.69, 9.17) is 32.7 Å². The fraction of sp³-hybridized carbons (Fsp3) is 0.235. The van der Waals surface area contributed by atoms with E-state index >= 15 is 0 Å². The summed E-state index contributed by atoms with van der Waals surface area (Å²) in [5, 5.41) is 7.03. The van der Waals surface area contributed by atoms with Crippen molar-refractivity contribution in [1.82, 2.24) is 0 Å². The van der Waals surface area contributed by atoms with Crippen molar-refractivity contribution in [3.8, 4) is 11.5 Å². The minimum absolute atomic E-state index is 0.132. The molecule has 2 aromatic rings. The van der Waals surface area contributed by atoms with Gasteiger partial charge < -0.3 is 20.1 Å². The Hall–Kier alpha value is -2.11.